The second-order valence-corrected chi connectivity index (χ2v) is 4.32. The van der Waals surface area contributed by atoms with Crippen molar-refractivity contribution in [1.82, 2.24) is 0 Å². The van der Waals surface area contributed by atoms with Gasteiger partial charge in [0.05, 0.1) is 5.41 Å². The zero-order valence-electron chi connectivity index (χ0n) is 8.20. The Morgan fingerprint density at radius 3 is 2.36 bits per heavy atom. The summed E-state index contributed by atoms with van der Waals surface area (Å²) >= 11 is 0. The van der Waals surface area contributed by atoms with Crippen LogP contribution in [-0.4, -0.2) is 6.61 Å². The van der Waals surface area contributed by atoms with E-state index in [1.807, 2.05) is 0 Å². The van der Waals surface area contributed by atoms with E-state index < -0.39 is 0 Å². The standard InChI is InChI=1S/C13H14O/c1-10-13(9-14-10,12-7-8-12)11-5-3-2-4-6-11/h2-6,12H,1,7-9H2. The maximum atomic E-state index is 5.41. The molecule has 0 spiro atoms. The van der Waals surface area contributed by atoms with Crippen molar-refractivity contribution >= 4 is 0 Å². The van der Waals surface area contributed by atoms with Crippen LogP contribution in [-0.2, 0) is 10.2 Å². The topological polar surface area (TPSA) is 9.23 Å². The predicted molar refractivity (Wildman–Crippen MR) is 55.9 cm³/mol. The van der Waals surface area contributed by atoms with E-state index in [9.17, 15) is 0 Å². The van der Waals surface area contributed by atoms with Gasteiger partial charge in [-0.05, 0) is 24.3 Å². The van der Waals surface area contributed by atoms with E-state index in [4.69, 9.17) is 4.74 Å². The molecule has 0 bridgehead atoms. The normalized spacial score (nSPS) is 30.7. The molecule has 0 N–H and O–H groups in total. The summed E-state index contributed by atoms with van der Waals surface area (Å²) in [5, 5.41) is 0. The highest BCUT2D eigenvalue weighted by atomic mass is 16.5. The quantitative estimate of drug-likeness (QED) is 0.690. The molecular weight excluding hydrogens is 172 g/mol. The lowest BCUT2D eigenvalue weighted by Crippen LogP contribution is -2.46. The Balaban J connectivity index is 2.04. The van der Waals surface area contributed by atoms with E-state index in [1.54, 1.807) is 0 Å². The number of hydrogen-bond donors (Lipinski definition) is 0. The minimum absolute atomic E-state index is 0.168. The number of benzene rings is 1. The molecule has 1 heteroatoms. The average molecular weight is 186 g/mol. The third kappa shape index (κ3) is 0.899. The molecule has 1 aromatic rings. The summed E-state index contributed by atoms with van der Waals surface area (Å²) in [6.45, 7) is 4.86. The summed E-state index contributed by atoms with van der Waals surface area (Å²) in [5.41, 5.74) is 1.56. The van der Waals surface area contributed by atoms with E-state index >= 15 is 0 Å². The van der Waals surface area contributed by atoms with Gasteiger partial charge in [0.15, 0.2) is 0 Å². The van der Waals surface area contributed by atoms with Crippen LogP contribution < -0.4 is 0 Å². The van der Waals surface area contributed by atoms with E-state index in [0.29, 0.717) is 0 Å². The fourth-order valence-corrected chi connectivity index (χ4v) is 2.47. The molecule has 1 saturated heterocycles. The van der Waals surface area contributed by atoms with Crippen LogP contribution >= 0.6 is 0 Å². The number of hydrogen-bond acceptors (Lipinski definition) is 1. The monoisotopic (exact) mass is 186 g/mol. The fourth-order valence-electron chi connectivity index (χ4n) is 2.47. The maximum absolute atomic E-state index is 5.41. The van der Waals surface area contributed by atoms with Crippen LogP contribution in [0, 0.1) is 5.92 Å². The minimum atomic E-state index is 0.168. The van der Waals surface area contributed by atoms with E-state index in [1.165, 1.54) is 18.4 Å². The zero-order chi connectivity index (χ0) is 9.60. The average Bonchev–Trinajstić information content (AvgIpc) is 3.03. The molecule has 1 atom stereocenters. The highest BCUT2D eigenvalue weighted by molar-refractivity contribution is 5.40. The second-order valence-electron chi connectivity index (χ2n) is 4.32. The van der Waals surface area contributed by atoms with Crippen molar-refractivity contribution in [3.63, 3.8) is 0 Å². The second kappa shape index (κ2) is 2.63. The molecular formula is C13H14O. The van der Waals surface area contributed by atoms with Crippen molar-refractivity contribution in [2.75, 3.05) is 6.61 Å². The third-order valence-electron chi connectivity index (χ3n) is 3.53. The highest BCUT2D eigenvalue weighted by Gasteiger charge is 2.55. The van der Waals surface area contributed by atoms with Crippen LogP contribution in [0.2, 0.25) is 0 Å². The first kappa shape index (κ1) is 8.10. The first-order chi connectivity index (χ1) is 6.84. The van der Waals surface area contributed by atoms with E-state index in [-0.39, 0.29) is 5.41 Å². The van der Waals surface area contributed by atoms with Crippen molar-refractivity contribution < 1.29 is 4.74 Å². The first-order valence-electron chi connectivity index (χ1n) is 5.22. The molecule has 1 heterocycles. The SMILES string of the molecule is C=C1OCC1(c1ccccc1)C1CC1. The van der Waals surface area contributed by atoms with Crippen LogP contribution in [0.4, 0.5) is 0 Å². The van der Waals surface area contributed by atoms with Crippen molar-refractivity contribution in [3.8, 4) is 0 Å². The molecule has 1 saturated carbocycles. The fraction of sp³-hybridized carbons (Fsp3) is 0.385. The molecule has 0 aromatic heterocycles. The van der Waals surface area contributed by atoms with Gasteiger partial charge >= 0.3 is 0 Å². The molecule has 1 aliphatic heterocycles. The molecule has 1 nitrogen and oxygen atoms in total. The maximum Gasteiger partial charge on any atom is 0.105 e. The van der Waals surface area contributed by atoms with Gasteiger partial charge in [-0.25, -0.2) is 0 Å². The smallest absolute Gasteiger partial charge is 0.105 e. The summed E-state index contributed by atoms with van der Waals surface area (Å²) in [7, 11) is 0. The molecule has 2 aliphatic rings. The molecule has 0 amide bonds. The van der Waals surface area contributed by atoms with Crippen molar-refractivity contribution in [2.24, 2.45) is 5.92 Å². The summed E-state index contributed by atoms with van der Waals surface area (Å²) in [5.74, 6) is 1.76. The van der Waals surface area contributed by atoms with Gasteiger partial charge in [-0.2, -0.15) is 0 Å². The lowest BCUT2D eigenvalue weighted by atomic mass is 9.72. The Kier molecular flexibility index (Phi) is 1.52. The molecule has 1 unspecified atom stereocenters. The van der Waals surface area contributed by atoms with Gasteiger partial charge in [-0.15, -0.1) is 0 Å². The lowest BCUT2D eigenvalue weighted by molar-refractivity contribution is 0.00671. The van der Waals surface area contributed by atoms with Gasteiger partial charge < -0.3 is 4.74 Å². The molecule has 0 radical (unpaired) electrons. The van der Waals surface area contributed by atoms with Crippen LogP contribution in [0.25, 0.3) is 0 Å². The van der Waals surface area contributed by atoms with Gasteiger partial charge in [-0.1, -0.05) is 36.9 Å². The summed E-state index contributed by atoms with van der Waals surface area (Å²) in [4.78, 5) is 0. The van der Waals surface area contributed by atoms with Crippen molar-refractivity contribution in [1.29, 1.82) is 0 Å². The lowest BCUT2D eigenvalue weighted by Gasteiger charge is -2.44. The van der Waals surface area contributed by atoms with Crippen LogP contribution in [0.15, 0.2) is 42.7 Å². The van der Waals surface area contributed by atoms with Gasteiger partial charge in [0.1, 0.15) is 12.4 Å². The number of rotatable bonds is 2. The highest BCUT2D eigenvalue weighted by Crippen LogP contribution is 2.56. The van der Waals surface area contributed by atoms with Gasteiger partial charge in [-0.3, -0.25) is 0 Å². The molecule has 1 aromatic carbocycles. The largest absolute Gasteiger partial charge is 0.496 e. The summed E-state index contributed by atoms with van der Waals surface area (Å²) in [6.07, 6.45) is 2.66. The van der Waals surface area contributed by atoms with Crippen LogP contribution in [0.1, 0.15) is 18.4 Å². The molecule has 14 heavy (non-hydrogen) atoms. The summed E-state index contributed by atoms with van der Waals surface area (Å²) < 4.78 is 5.41. The Morgan fingerprint density at radius 2 is 1.93 bits per heavy atom. The molecule has 3 rings (SSSR count). The van der Waals surface area contributed by atoms with E-state index in [0.717, 1.165) is 18.3 Å². The Hall–Kier alpha value is -1.24. The molecule has 1 aliphatic carbocycles. The van der Waals surface area contributed by atoms with Crippen molar-refractivity contribution in [3.05, 3.63) is 48.2 Å². The third-order valence-corrected chi connectivity index (χ3v) is 3.53. The zero-order valence-corrected chi connectivity index (χ0v) is 8.20. The van der Waals surface area contributed by atoms with Gasteiger partial charge in [0.25, 0.3) is 0 Å². The predicted octanol–water partition coefficient (Wildman–Crippen LogP) is 2.88. The van der Waals surface area contributed by atoms with Crippen LogP contribution in [0.3, 0.4) is 0 Å². The Morgan fingerprint density at radius 1 is 1.21 bits per heavy atom. The van der Waals surface area contributed by atoms with Crippen molar-refractivity contribution in [2.45, 2.75) is 18.3 Å². The molecule has 72 valence electrons. The Labute approximate surface area is 84.4 Å². The van der Waals surface area contributed by atoms with Gasteiger partial charge in [0, 0.05) is 0 Å². The summed E-state index contributed by atoms with van der Waals surface area (Å²) in [6, 6.07) is 10.7. The first-order valence-corrected chi connectivity index (χ1v) is 5.22. The van der Waals surface area contributed by atoms with E-state index in [2.05, 4.69) is 36.9 Å². The Bertz CT molecular complexity index is 364. The number of ether oxygens (including phenoxy) is 1. The molecule has 2 fully saturated rings. The van der Waals surface area contributed by atoms with Crippen LogP contribution in [0.5, 0.6) is 0 Å². The minimum Gasteiger partial charge on any atom is -0.496 e. The van der Waals surface area contributed by atoms with Gasteiger partial charge in [0.2, 0.25) is 0 Å².